The highest BCUT2D eigenvalue weighted by atomic mass is 16.5. The molecule has 0 bridgehead atoms. The van der Waals surface area contributed by atoms with E-state index in [1.54, 1.807) is 6.92 Å². The summed E-state index contributed by atoms with van der Waals surface area (Å²) in [5.41, 5.74) is 3.03. The van der Waals surface area contributed by atoms with Crippen LogP contribution in [0.5, 0.6) is 5.75 Å². The van der Waals surface area contributed by atoms with Crippen LogP contribution < -0.4 is 10.1 Å². The van der Waals surface area contributed by atoms with Gasteiger partial charge in [-0.25, -0.2) is 0 Å². The molecule has 24 heavy (non-hydrogen) atoms. The molecule has 0 aliphatic rings. The fourth-order valence-electron chi connectivity index (χ4n) is 2.83. The Labute approximate surface area is 142 Å². The minimum atomic E-state index is -0.586. The van der Waals surface area contributed by atoms with Crippen molar-refractivity contribution in [2.45, 2.75) is 26.9 Å². The molecule has 3 aromatic rings. The lowest BCUT2D eigenvalue weighted by Crippen LogP contribution is -2.30. The Bertz CT molecular complexity index is 860. The molecule has 3 heteroatoms. The highest BCUT2D eigenvalue weighted by molar-refractivity contribution is 5.95. The second-order valence-electron chi connectivity index (χ2n) is 6.10. The lowest BCUT2D eigenvalue weighted by atomic mass is 10.1. The van der Waals surface area contributed by atoms with Crippen LogP contribution in [0.25, 0.3) is 10.8 Å². The van der Waals surface area contributed by atoms with Crippen LogP contribution in [0.3, 0.4) is 0 Å². The minimum absolute atomic E-state index is 0.159. The van der Waals surface area contributed by atoms with Crippen molar-refractivity contribution in [1.29, 1.82) is 0 Å². The molecule has 3 aromatic carbocycles. The molecular weight excluding hydrogens is 298 g/mol. The van der Waals surface area contributed by atoms with E-state index >= 15 is 0 Å². The van der Waals surface area contributed by atoms with Crippen molar-refractivity contribution in [2.24, 2.45) is 0 Å². The quantitative estimate of drug-likeness (QED) is 0.745. The van der Waals surface area contributed by atoms with Crippen molar-refractivity contribution in [3.05, 3.63) is 71.8 Å². The van der Waals surface area contributed by atoms with Gasteiger partial charge in [-0.1, -0.05) is 42.5 Å². The number of amides is 1. The van der Waals surface area contributed by atoms with Crippen LogP contribution in [0.4, 0.5) is 5.69 Å². The summed E-state index contributed by atoms with van der Waals surface area (Å²) in [6.07, 6.45) is -0.586. The van der Waals surface area contributed by atoms with Crippen molar-refractivity contribution in [1.82, 2.24) is 0 Å². The van der Waals surface area contributed by atoms with Gasteiger partial charge in [-0.05, 0) is 55.5 Å². The van der Waals surface area contributed by atoms with Gasteiger partial charge in [0.1, 0.15) is 5.75 Å². The van der Waals surface area contributed by atoms with Crippen LogP contribution in [0.15, 0.2) is 60.7 Å². The van der Waals surface area contributed by atoms with Gasteiger partial charge in [-0.2, -0.15) is 0 Å². The highest BCUT2D eigenvalue weighted by Gasteiger charge is 2.16. The maximum atomic E-state index is 12.4. The summed E-state index contributed by atoms with van der Waals surface area (Å²) in [4.78, 5) is 12.4. The predicted molar refractivity (Wildman–Crippen MR) is 98.6 cm³/mol. The summed E-state index contributed by atoms with van der Waals surface area (Å²) in [5.74, 6) is 0.559. The van der Waals surface area contributed by atoms with Crippen LogP contribution in [0.1, 0.15) is 18.1 Å². The molecular formula is C21H21NO2. The van der Waals surface area contributed by atoms with Crippen LogP contribution in [0.2, 0.25) is 0 Å². The summed E-state index contributed by atoms with van der Waals surface area (Å²) in [7, 11) is 0. The molecule has 0 saturated heterocycles. The first kappa shape index (κ1) is 16.1. The average molecular weight is 319 g/mol. The van der Waals surface area contributed by atoms with Crippen molar-refractivity contribution in [3.8, 4) is 5.75 Å². The third-order valence-electron chi connectivity index (χ3n) is 3.91. The number of aryl methyl sites for hydroxylation is 2. The molecule has 0 aromatic heterocycles. The average Bonchev–Trinajstić information content (AvgIpc) is 2.54. The van der Waals surface area contributed by atoms with Crippen molar-refractivity contribution in [2.75, 3.05) is 5.32 Å². The van der Waals surface area contributed by atoms with Gasteiger partial charge in [0.25, 0.3) is 5.91 Å². The Morgan fingerprint density at radius 3 is 2.38 bits per heavy atom. The van der Waals surface area contributed by atoms with Gasteiger partial charge in [0.2, 0.25) is 0 Å². The molecule has 122 valence electrons. The Morgan fingerprint density at radius 2 is 1.62 bits per heavy atom. The molecule has 0 aliphatic heterocycles. The number of ether oxygens (including phenoxy) is 1. The first-order valence-corrected chi connectivity index (χ1v) is 8.06. The summed E-state index contributed by atoms with van der Waals surface area (Å²) >= 11 is 0. The van der Waals surface area contributed by atoms with E-state index in [-0.39, 0.29) is 5.91 Å². The summed E-state index contributed by atoms with van der Waals surface area (Å²) in [6, 6.07) is 19.8. The van der Waals surface area contributed by atoms with E-state index in [1.165, 1.54) is 0 Å². The Kier molecular flexibility index (Phi) is 4.52. The zero-order valence-electron chi connectivity index (χ0n) is 14.2. The molecule has 3 rings (SSSR count). The molecule has 0 saturated carbocycles. The van der Waals surface area contributed by atoms with E-state index in [9.17, 15) is 4.79 Å². The van der Waals surface area contributed by atoms with E-state index < -0.39 is 6.10 Å². The molecule has 0 radical (unpaired) electrons. The Morgan fingerprint density at radius 1 is 0.958 bits per heavy atom. The standard InChI is InChI=1S/C21H21NO2/c1-14-11-15(2)13-18(12-14)22-21(23)16(3)24-20-10-6-8-17-7-4-5-9-19(17)20/h4-13,16H,1-3H3,(H,22,23)/t16-/m0/s1. The second-order valence-corrected chi connectivity index (χ2v) is 6.10. The monoisotopic (exact) mass is 319 g/mol. The molecule has 1 atom stereocenters. The van der Waals surface area contributed by atoms with E-state index in [4.69, 9.17) is 4.74 Å². The van der Waals surface area contributed by atoms with Crippen LogP contribution >= 0.6 is 0 Å². The number of nitrogens with one attached hydrogen (secondary N) is 1. The Balaban J connectivity index is 1.76. The molecule has 0 fully saturated rings. The number of anilines is 1. The third kappa shape index (κ3) is 3.57. The Hall–Kier alpha value is -2.81. The zero-order chi connectivity index (χ0) is 17.1. The van der Waals surface area contributed by atoms with Crippen molar-refractivity contribution >= 4 is 22.4 Å². The van der Waals surface area contributed by atoms with Gasteiger partial charge in [0, 0.05) is 11.1 Å². The third-order valence-corrected chi connectivity index (χ3v) is 3.91. The molecule has 0 spiro atoms. The topological polar surface area (TPSA) is 38.3 Å². The normalized spacial score (nSPS) is 12.0. The SMILES string of the molecule is Cc1cc(C)cc(NC(=O)[C@H](C)Oc2cccc3ccccc23)c1. The van der Waals surface area contributed by atoms with E-state index in [0.29, 0.717) is 0 Å². The molecule has 0 heterocycles. The number of carbonyl (C=O) groups excluding carboxylic acids is 1. The van der Waals surface area contributed by atoms with E-state index in [0.717, 1.165) is 33.3 Å². The van der Waals surface area contributed by atoms with Gasteiger partial charge in [0.05, 0.1) is 0 Å². The second kappa shape index (κ2) is 6.75. The summed E-state index contributed by atoms with van der Waals surface area (Å²) in [5, 5.41) is 5.03. The summed E-state index contributed by atoms with van der Waals surface area (Å²) in [6.45, 7) is 5.79. The predicted octanol–water partition coefficient (Wildman–Crippen LogP) is 4.86. The molecule has 1 N–H and O–H groups in total. The molecule has 1 amide bonds. The lowest BCUT2D eigenvalue weighted by molar-refractivity contribution is -0.122. The lowest BCUT2D eigenvalue weighted by Gasteiger charge is -2.16. The zero-order valence-corrected chi connectivity index (χ0v) is 14.2. The number of hydrogen-bond acceptors (Lipinski definition) is 2. The largest absolute Gasteiger partial charge is 0.480 e. The molecule has 0 unspecified atom stereocenters. The minimum Gasteiger partial charge on any atom is -0.480 e. The van der Waals surface area contributed by atoms with Crippen LogP contribution in [-0.2, 0) is 4.79 Å². The van der Waals surface area contributed by atoms with Gasteiger partial charge < -0.3 is 10.1 Å². The number of fused-ring (bicyclic) bond motifs is 1. The van der Waals surface area contributed by atoms with Crippen LogP contribution in [-0.4, -0.2) is 12.0 Å². The van der Waals surface area contributed by atoms with Crippen molar-refractivity contribution < 1.29 is 9.53 Å². The first-order chi connectivity index (χ1) is 11.5. The molecule has 3 nitrogen and oxygen atoms in total. The van der Waals surface area contributed by atoms with Gasteiger partial charge >= 0.3 is 0 Å². The van der Waals surface area contributed by atoms with E-state index in [2.05, 4.69) is 11.4 Å². The maximum Gasteiger partial charge on any atom is 0.265 e. The maximum absolute atomic E-state index is 12.4. The number of benzene rings is 3. The smallest absolute Gasteiger partial charge is 0.265 e. The highest BCUT2D eigenvalue weighted by Crippen LogP contribution is 2.26. The summed E-state index contributed by atoms with van der Waals surface area (Å²) < 4.78 is 5.91. The van der Waals surface area contributed by atoms with Gasteiger partial charge in [-0.3, -0.25) is 4.79 Å². The number of carbonyl (C=O) groups is 1. The molecule has 0 aliphatic carbocycles. The number of hydrogen-bond donors (Lipinski definition) is 1. The van der Waals surface area contributed by atoms with E-state index in [1.807, 2.05) is 68.4 Å². The van der Waals surface area contributed by atoms with Gasteiger partial charge in [-0.15, -0.1) is 0 Å². The van der Waals surface area contributed by atoms with Gasteiger partial charge in [0.15, 0.2) is 6.10 Å². The fourth-order valence-corrected chi connectivity index (χ4v) is 2.83. The number of rotatable bonds is 4. The first-order valence-electron chi connectivity index (χ1n) is 8.06. The van der Waals surface area contributed by atoms with Crippen molar-refractivity contribution in [3.63, 3.8) is 0 Å². The fraction of sp³-hybridized carbons (Fsp3) is 0.190. The van der Waals surface area contributed by atoms with Crippen LogP contribution in [0, 0.1) is 13.8 Å².